The summed E-state index contributed by atoms with van der Waals surface area (Å²) in [5.74, 6) is -0.0993. The monoisotopic (exact) mass is 234 g/mol. The summed E-state index contributed by atoms with van der Waals surface area (Å²) in [4.78, 5) is 11.3. The van der Waals surface area contributed by atoms with Crippen molar-refractivity contribution in [1.82, 2.24) is 0 Å². The van der Waals surface area contributed by atoms with Crippen LogP contribution in [0.5, 0.6) is 0 Å². The van der Waals surface area contributed by atoms with Gasteiger partial charge in [0.1, 0.15) is 0 Å². The average Bonchev–Trinajstić information content (AvgIpc) is 2.35. The Balaban J connectivity index is 2.54. The lowest BCUT2D eigenvalue weighted by molar-refractivity contribution is -0.143. The molecule has 0 aliphatic rings. The normalized spacial score (nSPS) is 10.2. The van der Waals surface area contributed by atoms with Gasteiger partial charge in [0, 0.05) is 6.42 Å². The summed E-state index contributed by atoms with van der Waals surface area (Å²) in [7, 11) is 0. The maximum atomic E-state index is 11.3. The number of hydrogen-bond donors (Lipinski definition) is 0. The molecular formula is C15H22O2. The third-order valence-corrected chi connectivity index (χ3v) is 2.82. The number of benzene rings is 1. The second kappa shape index (κ2) is 7.88. The maximum Gasteiger partial charge on any atom is 0.306 e. The molecule has 0 atom stereocenters. The molecule has 0 saturated heterocycles. The van der Waals surface area contributed by atoms with Gasteiger partial charge >= 0.3 is 5.97 Å². The van der Waals surface area contributed by atoms with Gasteiger partial charge in [-0.3, -0.25) is 4.79 Å². The SMILES string of the molecule is CCCCc1ccccc1CCC(=O)OCC. The first kappa shape index (κ1) is 13.8. The van der Waals surface area contributed by atoms with Gasteiger partial charge in [-0.25, -0.2) is 0 Å². The number of esters is 1. The molecule has 1 rings (SSSR count). The van der Waals surface area contributed by atoms with Crippen molar-refractivity contribution in [2.24, 2.45) is 0 Å². The van der Waals surface area contributed by atoms with Gasteiger partial charge in [-0.2, -0.15) is 0 Å². The van der Waals surface area contributed by atoms with Gasteiger partial charge in [0.05, 0.1) is 6.61 Å². The fraction of sp³-hybridized carbons (Fsp3) is 0.533. The van der Waals surface area contributed by atoms with Gasteiger partial charge < -0.3 is 4.74 Å². The molecular weight excluding hydrogens is 212 g/mol. The van der Waals surface area contributed by atoms with Crippen molar-refractivity contribution in [2.75, 3.05) is 6.61 Å². The first-order valence-electron chi connectivity index (χ1n) is 6.50. The quantitative estimate of drug-likeness (QED) is 0.675. The van der Waals surface area contributed by atoms with E-state index >= 15 is 0 Å². The zero-order valence-corrected chi connectivity index (χ0v) is 10.9. The maximum absolute atomic E-state index is 11.3. The largest absolute Gasteiger partial charge is 0.466 e. The van der Waals surface area contributed by atoms with Crippen LogP contribution in [0.3, 0.4) is 0 Å². The summed E-state index contributed by atoms with van der Waals surface area (Å²) in [6.45, 7) is 4.50. The smallest absolute Gasteiger partial charge is 0.306 e. The minimum absolute atomic E-state index is 0.0993. The average molecular weight is 234 g/mol. The van der Waals surface area contributed by atoms with E-state index in [2.05, 4.69) is 25.1 Å². The van der Waals surface area contributed by atoms with Crippen molar-refractivity contribution in [3.63, 3.8) is 0 Å². The van der Waals surface area contributed by atoms with E-state index in [0.29, 0.717) is 13.0 Å². The van der Waals surface area contributed by atoms with Crippen LogP contribution in [0.2, 0.25) is 0 Å². The molecule has 0 unspecified atom stereocenters. The predicted octanol–water partition coefficient (Wildman–Crippen LogP) is 3.52. The molecule has 2 nitrogen and oxygen atoms in total. The highest BCUT2D eigenvalue weighted by Gasteiger charge is 2.05. The number of carbonyl (C=O) groups is 1. The zero-order chi connectivity index (χ0) is 12.5. The van der Waals surface area contributed by atoms with Crippen LogP contribution in [0.1, 0.15) is 44.2 Å². The summed E-state index contributed by atoms with van der Waals surface area (Å²) in [6, 6.07) is 8.38. The number of ether oxygens (including phenoxy) is 1. The van der Waals surface area contributed by atoms with Crippen molar-refractivity contribution in [3.8, 4) is 0 Å². The molecule has 0 radical (unpaired) electrons. The van der Waals surface area contributed by atoms with Crippen molar-refractivity contribution in [2.45, 2.75) is 46.0 Å². The summed E-state index contributed by atoms with van der Waals surface area (Å²) >= 11 is 0. The van der Waals surface area contributed by atoms with E-state index in [-0.39, 0.29) is 5.97 Å². The highest BCUT2D eigenvalue weighted by molar-refractivity contribution is 5.69. The molecule has 0 aliphatic carbocycles. The second-order valence-electron chi connectivity index (χ2n) is 4.18. The molecule has 0 saturated carbocycles. The van der Waals surface area contributed by atoms with E-state index in [4.69, 9.17) is 4.74 Å². The van der Waals surface area contributed by atoms with E-state index in [1.807, 2.05) is 13.0 Å². The van der Waals surface area contributed by atoms with Gasteiger partial charge in [-0.15, -0.1) is 0 Å². The highest BCUT2D eigenvalue weighted by atomic mass is 16.5. The van der Waals surface area contributed by atoms with Gasteiger partial charge in [-0.1, -0.05) is 37.6 Å². The summed E-state index contributed by atoms with van der Waals surface area (Å²) in [5.41, 5.74) is 2.66. The molecule has 0 aliphatic heterocycles. The van der Waals surface area contributed by atoms with E-state index in [9.17, 15) is 4.79 Å². The Hall–Kier alpha value is -1.31. The number of carbonyl (C=O) groups excluding carboxylic acids is 1. The molecule has 0 bridgehead atoms. The van der Waals surface area contributed by atoms with Crippen LogP contribution in [0.4, 0.5) is 0 Å². The Morgan fingerprint density at radius 2 is 1.76 bits per heavy atom. The second-order valence-corrected chi connectivity index (χ2v) is 4.18. The summed E-state index contributed by atoms with van der Waals surface area (Å²) in [5, 5.41) is 0. The molecule has 2 heteroatoms. The molecule has 94 valence electrons. The number of hydrogen-bond acceptors (Lipinski definition) is 2. The standard InChI is InChI=1S/C15H22O2/c1-3-5-8-13-9-6-7-10-14(13)11-12-15(16)17-4-2/h6-7,9-10H,3-5,8,11-12H2,1-2H3. The molecule has 1 aromatic carbocycles. The van der Waals surface area contributed by atoms with E-state index < -0.39 is 0 Å². The Morgan fingerprint density at radius 3 is 2.35 bits per heavy atom. The van der Waals surface area contributed by atoms with Gasteiger partial charge in [0.25, 0.3) is 0 Å². The lowest BCUT2D eigenvalue weighted by atomic mass is 9.99. The fourth-order valence-electron chi connectivity index (χ4n) is 1.88. The molecule has 0 heterocycles. The van der Waals surface area contributed by atoms with Crippen LogP contribution in [0.15, 0.2) is 24.3 Å². The number of aryl methyl sites for hydroxylation is 2. The van der Waals surface area contributed by atoms with E-state index in [1.54, 1.807) is 0 Å². The van der Waals surface area contributed by atoms with Crippen molar-refractivity contribution >= 4 is 5.97 Å². The van der Waals surface area contributed by atoms with Crippen LogP contribution in [0, 0.1) is 0 Å². The number of unbranched alkanes of at least 4 members (excludes halogenated alkanes) is 1. The van der Waals surface area contributed by atoms with Crippen molar-refractivity contribution < 1.29 is 9.53 Å². The van der Waals surface area contributed by atoms with Crippen LogP contribution >= 0.6 is 0 Å². The first-order chi connectivity index (χ1) is 8.27. The third kappa shape index (κ3) is 5.03. The van der Waals surface area contributed by atoms with Crippen molar-refractivity contribution in [3.05, 3.63) is 35.4 Å². The van der Waals surface area contributed by atoms with Gasteiger partial charge in [-0.05, 0) is 37.3 Å². The van der Waals surface area contributed by atoms with Crippen LogP contribution in [-0.2, 0) is 22.4 Å². The summed E-state index contributed by atoms with van der Waals surface area (Å²) < 4.78 is 4.95. The Bertz CT molecular complexity index is 345. The first-order valence-corrected chi connectivity index (χ1v) is 6.50. The van der Waals surface area contributed by atoms with E-state index in [0.717, 1.165) is 12.8 Å². The van der Waals surface area contributed by atoms with Crippen LogP contribution in [0.25, 0.3) is 0 Å². The molecule has 0 aromatic heterocycles. The molecule has 0 N–H and O–H groups in total. The lowest BCUT2D eigenvalue weighted by Gasteiger charge is -2.08. The van der Waals surface area contributed by atoms with Crippen molar-refractivity contribution in [1.29, 1.82) is 0 Å². The lowest BCUT2D eigenvalue weighted by Crippen LogP contribution is -2.06. The molecule has 0 spiro atoms. The van der Waals surface area contributed by atoms with Gasteiger partial charge in [0.15, 0.2) is 0 Å². The zero-order valence-electron chi connectivity index (χ0n) is 10.9. The Kier molecular flexibility index (Phi) is 6.38. The number of rotatable bonds is 7. The fourth-order valence-corrected chi connectivity index (χ4v) is 1.88. The van der Waals surface area contributed by atoms with Gasteiger partial charge in [0.2, 0.25) is 0 Å². The van der Waals surface area contributed by atoms with Crippen LogP contribution in [-0.4, -0.2) is 12.6 Å². The minimum atomic E-state index is -0.0993. The topological polar surface area (TPSA) is 26.3 Å². The Labute approximate surface area is 104 Å². The highest BCUT2D eigenvalue weighted by Crippen LogP contribution is 2.14. The summed E-state index contributed by atoms with van der Waals surface area (Å²) in [6.07, 6.45) is 4.79. The molecule has 17 heavy (non-hydrogen) atoms. The predicted molar refractivity (Wildman–Crippen MR) is 70.0 cm³/mol. The van der Waals surface area contributed by atoms with Crippen LogP contribution < -0.4 is 0 Å². The third-order valence-electron chi connectivity index (χ3n) is 2.82. The molecule has 0 amide bonds. The van der Waals surface area contributed by atoms with E-state index in [1.165, 1.54) is 24.0 Å². The molecule has 1 aromatic rings. The minimum Gasteiger partial charge on any atom is -0.466 e. The Morgan fingerprint density at radius 1 is 1.12 bits per heavy atom. The molecule has 0 fully saturated rings.